The summed E-state index contributed by atoms with van der Waals surface area (Å²) in [6.45, 7) is 12.6. The van der Waals surface area contributed by atoms with Gasteiger partial charge in [-0.3, -0.25) is 5.41 Å². The zero-order valence-corrected chi connectivity index (χ0v) is 12.6. The number of unbranched alkanes of at least 4 members (excludes halogenated alkanes) is 1. The van der Waals surface area contributed by atoms with Crippen LogP contribution >= 0.6 is 0 Å². The van der Waals surface area contributed by atoms with Gasteiger partial charge in [0.25, 0.3) is 0 Å². The van der Waals surface area contributed by atoms with Gasteiger partial charge in [0.05, 0.1) is 5.84 Å². The number of amidine groups is 1. The van der Waals surface area contributed by atoms with Gasteiger partial charge in [-0.2, -0.15) is 0 Å². The van der Waals surface area contributed by atoms with E-state index >= 15 is 0 Å². The van der Waals surface area contributed by atoms with Crippen LogP contribution in [0.4, 0.5) is 0 Å². The van der Waals surface area contributed by atoms with E-state index < -0.39 is 0 Å². The third kappa shape index (κ3) is 4.60. The molecule has 1 aliphatic heterocycles. The predicted octanol–water partition coefficient (Wildman–Crippen LogP) is 3.10. The summed E-state index contributed by atoms with van der Waals surface area (Å²) in [5.41, 5.74) is 5.48. The van der Waals surface area contributed by atoms with E-state index in [9.17, 15) is 0 Å². The second-order valence-corrected chi connectivity index (χ2v) is 6.85. The number of nitrogens with two attached hydrogens (primary N) is 1. The lowest BCUT2D eigenvalue weighted by Gasteiger charge is -2.23. The Kier molecular flexibility index (Phi) is 5.64. The highest BCUT2D eigenvalue weighted by Crippen LogP contribution is 2.25. The lowest BCUT2D eigenvalue weighted by atomic mass is 9.86. The van der Waals surface area contributed by atoms with Crippen LogP contribution in [0.15, 0.2) is 0 Å². The van der Waals surface area contributed by atoms with Gasteiger partial charge in [0.2, 0.25) is 0 Å². The van der Waals surface area contributed by atoms with Gasteiger partial charge in [-0.15, -0.1) is 0 Å². The molecule has 1 atom stereocenters. The Bertz CT molecular complexity index is 271. The van der Waals surface area contributed by atoms with Crippen LogP contribution in [0.2, 0.25) is 0 Å². The van der Waals surface area contributed by atoms with Gasteiger partial charge in [0, 0.05) is 12.0 Å². The van der Waals surface area contributed by atoms with Crippen LogP contribution in [-0.4, -0.2) is 30.4 Å². The number of rotatable bonds is 7. The summed E-state index contributed by atoms with van der Waals surface area (Å²) in [4.78, 5) is 2.60. The Morgan fingerprint density at radius 1 is 1.39 bits per heavy atom. The normalized spacial score (nSPS) is 21.7. The van der Waals surface area contributed by atoms with Crippen molar-refractivity contribution in [2.45, 2.75) is 53.4 Å². The fraction of sp³-hybridized carbons (Fsp3) is 0.933. The highest BCUT2D eigenvalue weighted by atomic mass is 15.1. The molecule has 0 aliphatic carbocycles. The van der Waals surface area contributed by atoms with Gasteiger partial charge in [-0.25, -0.2) is 0 Å². The molecule has 0 aromatic heterocycles. The average Bonchev–Trinajstić information content (AvgIpc) is 2.73. The van der Waals surface area contributed by atoms with E-state index in [1.165, 1.54) is 38.9 Å². The van der Waals surface area contributed by atoms with Crippen molar-refractivity contribution in [1.82, 2.24) is 4.90 Å². The van der Waals surface area contributed by atoms with E-state index in [1.54, 1.807) is 0 Å². The second-order valence-electron chi connectivity index (χ2n) is 6.85. The molecule has 1 heterocycles. The summed E-state index contributed by atoms with van der Waals surface area (Å²) < 4.78 is 0. The fourth-order valence-electron chi connectivity index (χ4n) is 2.65. The van der Waals surface area contributed by atoms with Crippen LogP contribution in [0.25, 0.3) is 0 Å². The fourth-order valence-corrected chi connectivity index (χ4v) is 2.65. The van der Waals surface area contributed by atoms with Crippen molar-refractivity contribution >= 4 is 5.84 Å². The topological polar surface area (TPSA) is 53.1 Å². The molecule has 0 spiro atoms. The average molecular weight is 253 g/mol. The molecule has 3 heteroatoms. The Balaban J connectivity index is 2.14. The van der Waals surface area contributed by atoms with Crippen molar-refractivity contribution in [3.8, 4) is 0 Å². The number of nitrogens with zero attached hydrogens (tertiary/aromatic N) is 1. The molecule has 0 amide bonds. The smallest absolute Gasteiger partial charge is 0.0963 e. The molecular weight excluding hydrogens is 222 g/mol. The van der Waals surface area contributed by atoms with Gasteiger partial charge < -0.3 is 10.6 Å². The molecule has 1 aliphatic rings. The Morgan fingerprint density at radius 3 is 2.56 bits per heavy atom. The third-order valence-electron chi connectivity index (χ3n) is 4.51. The van der Waals surface area contributed by atoms with Crippen LogP contribution in [0.5, 0.6) is 0 Å². The summed E-state index contributed by atoms with van der Waals surface area (Å²) in [6, 6.07) is 0. The van der Waals surface area contributed by atoms with E-state index in [-0.39, 0.29) is 5.41 Å². The first-order valence-electron chi connectivity index (χ1n) is 7.40. The first kappa shape index (κ1) is 15.5. The van der Waals surface area contributed by atoms with E-state index in [4.69, 9.17) is 11.1 Å². The SMILES string of the molecule is CC(C)C1CCN(CCCCC(C)(C)C(=N)N)C1. The highest BCUT2D eigenvalue weighted by Gasteiger charge is 2.25. The van der Waals surface area contributed by atoms with E-state index in [1.807, 2.05) is 0 Å². The minimum absolute atomic E-state index is 0.120. The maximum atomic E-state index is 7.54. The zero-order valence-electron chi connectivity index (χ0n) is 12.6. The largest absolute Gasteiger partial charge is 0.387 e. The Labute approximate surface area is 113 Å². The van der Waals surface area contributed by atoms with Crippen molar-refractivity contribution in [3.05, 3.63) is 0 Å². The molecule has 3 N–H and O–H groups in total. The summed E-state index contributed by atoms with van der Waals surface area (Å²) in [5.74, 6) is 2.05. The molecular formula is C15H31N3. The molecule has 0 radical (unpaired) electrons. The first-order valence-corrected chi connectivity index (χ1v) is 7.40. The van der Waals surface area contributed by atoms with Crippen LogP contribution in [0, 0.1) is 22.7 Å². The number of hydrogen-bond acceptors (Lipinski definition) is 2. The first-order chi connectivity index (χ1) is 8.33. The molecule has 0 aromatic carbocycles. The van der Waals surface area contributed by atoms with Crippen LogP contribution in [0.1, 0.15) is 53.4 Å². The standard InChI is InChI=1S/C15H31N3/c1-12(2)13-7-10-18(11-13)9-6-5-8-15(3,4)14(16)17/h12-13H,5-11H2,1-4H3,(H3,16,17). The predicted molar refractivity (Wildman–Crippen MR) is 78.9 cm³/mol. The highest BCUT2D eigenvalue weighted by molar-refractivity contribution is 5.82. The Morgan fingerprint density at radius 2 is 2.06 bits per heavy atom. The van der Waals surface area contributed by atoms with E-state index in [0.29, 0.717) is 5.84 Å². The molecule has 1 rings (SSSR count). The Hall–Kier alpha value is -0.570. The summed E-state index contributed by atoms with van der Waals surface area (Å²) in [7, 11) is 0. The summed E-state index contributed by atoms with van der Waals surface area (Å²) in [6.07, 6.45) is 4.82. The lowest BCUT2D eigenvalue weighted by Crippen LogP contribution is -2.31. The quantitative estimate of drug-likeness (QED) is 0.416. The summed E-state index contributed by atoms with van der Waals surface area (Å²) in [5, 5.41) is 7.54. The minimum atomic E-state index is -0.120. The number of nitrogens with one attached hydrogen (secondary N) is 1. The molecule has 0 aromatic rings. The number of likely N-dealkylation sites (tertiary alicyclic amines) is 1. The maximum Gasteiger partial charge on any atom is 0.0963 e. The van der Waals surface area contributed by atoms with Crippen molar-refractivity contribution in [2.75, 3.05) is 19.6 Å². The van der Waals surface area contributed by atoms with Gasteiger partial charge in [0.1, 0.15) is 0 Å². The van der Waals surface area contributed by atoms with Crippen LogP contribution in [0.3, 0.4) is 0 Å². The third-order valence-corrected chi connectivity index (χ3v) is 4.51. The van der Waals surface area contributed by atoms with Gasteiger partial charge in [-0.05, 0) is 44.2 Å². The minimum Gasteiger partial charge on any atom is -0.387 e. The molecule has 106 valence electrons. The van der Waals surface area contributed by atoms with Gasteiger partial charge >= 0.3 is 0 Å². The lowest BCUT2D eigenvalue weighted by molar-refractivity contribution is 0.291. The number of hydrogen-bond donors (Lipinski definition) is 2. The molecule has 0 bridgehead atoms. The van der Waals surface area contributed by atoms with Crippen molar-refractivity contribution in [1.29, 1.82) is 5.41 Å². The second kappa shape index (κ2) is 6.55. The molecule has 1 fully saturated rings. The zero-order chi connectivity index (χ0) is 13.8. The molecule has 0 saturated carbocycles. The maximum absolute atomic E-state index is 7.54. The van der Waals surface area contributed by atoms with Gasteiger partial charge in [-0.1, -0.05) is 34.1 Å². The monoisotopic (exact) mass is 253 g/mol. The molecule has 18 heavy (non-hydrogen) atoms. The molecule has 1 saturated heterocycles. The summed E-state index contributed by atoms with van der Waals surface area (Å²) >= 11 is 0. The van der Waals surface area contributed by atoms with Crippen molar-refractivity contribution in [2.24, 2.45) is 23.0 Å². The van der Waals surface area contributed by atoms with Crippen molar-refractivity contribution < 1.29 is 0 Å². The van der Waals surface area contributed by atoms with Crippen molar-refractivity contribution in [3.63, 3.8) is 0 Å². The van der Waals surface area contributed by atoms with E-state index in [0.717, 1.165) is 18.3 Å². The van der Waals surface area contributed by atoms with Crippen LogP contribution in [-0.2, 0) is 0 Å². The molecule has 1 unspecified atom stereocenters. The van der Waals surface area contributed by atoms with Crippen LogP contribution < -0.4 is 5.73 Å². The van der Waals surface area contributed by atoms with E-state index in [2.05, 4.69) is 32.6 Å². The van der Waals surface area contributed by atoms with Gasteiger partial charge in [0.15, 0.2) is 0 Å². The molecule has 3 nitrogen and oxygen atoms in total.